The highest BCUT2D eigenvalue weighted by Crippen LogP contribution is 2.54. The number of carbonyl (C=O) groups is 3. The Hall–Kier alpha value is -3.41. The molecule has 1 amide bonds. The van der Waals surface area contributed by atoms with Gasteiger partial charge in [0.25, 0.3) is 5.91 Å². The van der Waals surface area contributed by atoms with E-state index in [1.807, 2.05) is 19.0 Å². The van der Waals surface area contributed by atoms with Gasteiger partial charge in [-0.1, -0.05) is 0 Å². The minimum absolute atomic E-state index is 0.0571. The molecule has 11 nitrogen and oxygen atoms in total. The number of aliphatic hydroxyl groups excluding tert-OH is 2. The normalized spacial score (nSPS) is 28.9. The van der Waals surface area contributed by atoms with Crippen molar-refractivity contribution < 1.29 is 34.8 Å². The van der Waals surface area contributed by atoms with E-state index in [2.05, 4.69) is 18.9 Å². The number of likely N-dealkylation sites (N-methyl/N-ethyl adjacent to an activating group) is 1. The van der Waals surface area contributed by atoms with Gasteiger partial charge in [0.2, 0.25) is 5.78 Å². The van der Waals surface area contributed by atoms with Crippen molar-refractivity contribution in [2.75, 3.05) is 40.1 Å². The van der Waals surface area contributed by atoms with Crippen LogP contribution in [-0.4, -0.2) is 100 Å². The van der Waals surface area contributed by atoms with Crippen molar-refractivity contribution in [2.24, 2.45) is 17.6 Å². The fourth-order valence-corrected chi connectivity index (χ4v) is 7.56. The highest BCUT2D eigenvalue weighted by atomic mass is 16.3. The molecule has 0 heterocycles. The summed E-state index contributed by atoms with van der Waals surface area (Å²) in [5.41, 5.74) is 4.32. The average molecular weight is 569 g/mol. The number of phenols is 1. The van der Waals surface area contributed by atoms with Gasteiger partial charge < -0.3 is 31.1 Å². The minimum Gasteiger partial charge on any atom is -0.508 e. The molecule has 0 radical (unpaired) electrons. The van der Waals surface area contributed by atoms with E-state index in [4.69, 9.17) is 5.73 Å². The van der Waals surface area contributed by atoms with Crippen LogP contribution in [0.15, 0.2) is 23.0 Å². The molecule has 5 rings (SSSR count). The van der Waals surface area contributed by atoms with Crippen LogP contribution >= 0.6 is 0 Å². The molecule has 1 aromatic carbocycles. The molecule has 0 aliphatic heterocycles. The van der Waals surface area contributed by atoms with Crippen molar-refractivity contribution in [3.8, 4) is 5.75 Å². The Kier molecular flexibility index (Phi) is 6.79. The van der Waals surface area contributed by atoms with E-state index in [9.17, 15) is 34.8 Å². The largest absolute Gasteiger partial charge is 0.508 e. The Balaban J connectivity index is 1.68. The number of primary amides is 1. The number of phenolic OH excluding ortho intramolecular Hbond substituents is 1. The number of Topliss-reactive ketones (excluding diaryl/α,β-unsaturated/α-hetero) is 2. The molecule has 0 bridgehead atoms. The highest BCUT2D eigenvalue weighted by molar-refractivity contribution is 6.24. The highest BCUT2D eigenvalue weighted by Gasteiger charge is 2.64. The number of fused-ring (bicyclic) bond motifs is 3. The molecule has 6 N–H and O–H groups in total. The molecule has 0 aromatic heterocycles. The van der Waals surface area contributed by atoms with Crippen LogP contribution in [0.5, 0.6) is 5.75 Å². The van der Waals surface area contributed by atoms with Crippen LogP contribution in [0.25, 0.3) is 5.76 Å². The monoisotopic (exact) mass is 568 g/mol. The minimum atomic E-state index is -2.65. The summed E-state index contributed by atoms with van der Waals surface area (Å²) in [7, 11) is 9.01. The maximum atomic E-state index is 14.0. The first-order chi connectivity index (χ1) is 19.1. The third kappa shape index (κ3) is 4.00. The van der Waals surface area contributed by atoms with E-state index in [-0.39, 0.29) is 35.3 Å². The number of carbonyl (C=O) groups excluding carboxylic acids is 3. The lowest BCUT2D eigenvalue weighted by Crippen LogP contribution is -2.65. The Bertz CT molecular complexity index is 1420. The Morgan fingerprint density at radius 2 is 1.73 bits per heavy atom. The fourth-order valence-electron chi connectivity index (χ4n) is 7.56. The van der Waals surface area contributed by atoms with Crippen LogP contribution in [-0.2, 0) is 27.3 Å². The van der Waals surface area contributed by atoms with Gasteiger partial charge in [-0.25, -0.2) is 0 Å². The smallest absolute Gasteiger partial charge is 0.255 e. The first-order valence-electron chi connectivity index (χ1n) is 14.0. The molecule has 1 aromatic rings. The van der Waals surface area contributed by atoms with Gasteiger partial charge in [-0.3, -0.25) is 24.2 Å². The Morgan fingerprint density at radius 1 is 1.10 bits per heavy atom. The van der Waals surface area contributed by atoms with Crippen molar-refractivity contribution in [3.63, 3.8) is 0 Å². The number of hydrogen-bond donors (Lipinski definition) is 5. The average Bonchev–Trinajstić information content (AvgIpc) is 2.83. The number of aromatic hydroxyl groups is 1. The van der Waals surface area contributed by atoms with Crippen molar-refractivity contribution >= 4 is 28.9 Å². The zero-order valence-corrected chi connectivity index (χ0v) is 24.5. The van der Waals surface area contributed by atoms with Crippen LogP contribution < -0.4 is 10.6 Å². The standard InChI is InChI=1S/C30H40N4O7/c1-29(8-7-9-29)34(6)13-15-12-18(35)20-16(22(15)32(2)3)10-14-11-17-23(33(4)5)25(37)21(28(31)40)27(39)30(17,41)26(38)19(14)24(20)36/h12,14,17,23,35-36,39,41H,7-11,13H2,1-6H3,(H2,31,40)/t14-,17-,23-,30-/m0/s1. The van der Waals surface area contributed by atoms with E-state index < -0.39 is 58.0 Å². The molecule has 4 atom stereocenters. The second kappa shape index (κ2) is 9.57. The molecule has 0 spiro atoms. The van der Waals surface area contributed by atoms with Gasteiger partial charge in [0.15, 0.2) is 11.4 Å². The van der Waals surface area contributed by atoms with E-state index in [1.54, 1.807) is 20.2 Å². The lowest BCUT2D eigenvalue weighted by molar-refractivity contribution is -0.153. The van der Waals surface area contributed by atoms with E-state index in [0.717, 1.165) is 24.1 Å². The van der Waals surface area contributed by atoms with E-state index in [1.165, 1.54) is 11.3 Å². The summed E-state index contributed by atoms with van der Waals surface area (Å²) in [6.07, 6.45) is 3.66. The van der Waals surface area contributed by atoms with Crippen LogP contribution in [0.2, 0.25) is 0 Å². The zero-order valence-electron chi connectivity index (χ0n) is 24.5. The first-order valence-corrected chi connectivity index (χ1v) is 14.0. The molecule has 2 saturated carbocycles. The fraction of sp³-hybridized carbons (Fsp3) is 0.567. The number of rotatable bonds is 6. The van der Waals surface area contributed by atoms with Crippen molar-refractivity contribution in [2.45, 2.75) is 62.8 Å². The third-order valence-electron chi connectivity index (χ3n) is 9.98. The number of amides is 1. The molecule has 4 aliphatic rings. The summed E-state index contributed by atoms with van der Waals surface area (Å²) < 4.78 is 0. The topological polar surface area (TPSA) is 168 Å². The molecule has 2 fully saturated rings. The number of ketones is 2. The van der Waals surface area contributed by atoms with Gasteiger partial charge in [-0.15, -0.1) is 0 Å². The van der Waals surface area contributed by atoms with E-state index in [0.29, 0.717) is 12.1 Å². The number of benzene rings is 1. The second-order valence-electron chi connectivity index (χ2n) is 12.8. The van der Waals surface area contributed by atoms with Gasteiger partial charge in [0.05, 0.1) is 11.6 Å². The van der Waals surface area contributed by atoms with Gasteiger partial charge >= 0.3 is 0 Å². The van der Waals surface area contributed by atoms with Crippen LogP contribution in [0.4, 0.5) is 5.69 Å². The van der Waals surface area contributed by atoms with Crippen molar-refractivity contribution in [1.82, 2.24) is 9.80 Å². The molecule has 11 heteroatoms. The Morgan fingerprint density at radius 3 is 2.24 bits per heavy atom. The zero-order chi connectivity index (χ0) is 30.3. The predicted molar refractivity (Wildman–Crippen MR) is 152 cm³/mol. The van der Waals surface area contributed by atoms with Gasteiger partial charge in [-0.05, 0) is 83.3 Å². The number of nitrogens with two attached hydrogens (primary N) is 1. The third-order valence-corrected chi connectivity index (χ3v) is 9.98. The molecular weight excluding hydrogens is 528 g/mol. The van der Waals surface area contributed by atoms with Gasteiger partial charge in [-0.2, -0.15) is 0 Å². The summed E-state index contributed by atoms with van der Waals surface area (Å²) >= 11 is 0. The molecule has 0 unspecified atom stereocenters. The van der Waals surface area contributed by atoms with Gasteiger partial charge in [0, 0.05) is 43.4 Å². The maximum Gasteiger partial charge on any atom is 0.255 e. The molecule has 41 heavy (non-hydrogen) atoms. The summed E-state index contributed by atoms with van der Waals surface area (Å²) in [5, 5.41) is 45.5. The van der Waals surface area contributed by atoms with Crippen LogP contribution in [0.1, 0.15) is 49.3 Å². The SMILES string of the molecule is CN(C)c1c(CN(C)C2(C)CCC2)cc(O)c2c1C[C@H]1C[C@H]3[C@H](N(C)C)C(=O)C(C(N)=O)=C(O)[C@@]3(O)C(=O)C1=C2O. The number of nitrogens with zero attached hydrogens (tertiary/aromatic N) is 3. The molecular formula is C30H40N4O7. The van der Waals surface area contributed by atoms with E-state index >= 15 is 0 Å². The predicted octanol–water partition coefficient (Wildman–Crippen LogP) is 1.40. The number of hydrogen-bond acceptors (Lipinski definition) is 10. The lowest BCUT2D eigenvalue weighted by Gasteiger charge is -2.50. The van der Waals surface area contributed by atoms with Crippen LogP contribution in [0.3, 0.4) is 0 Å². The number of anilines is 1. The number of aliphatic hydroxyl groups is 3. The Labute approximate surface area is 239 Å². The second-order valence-corrected chi connectivity index (χ2v) is 12.8. The molecule has 4 aliphatic carbocycles. The molecule has 222 valence electrons. The van der Waals surface area contributed by atoms with Crippen molar-refractivity contribution in [1.29, 1.82) is 0 Å². The van der Waals surface area contributed by atoms with Gasteiger partial charge in [0.1, 0.15) is 22.8 Å². The van der Waals surface area contributed by atoms with Crippen molar-refractivity contribution in [3.05, 3.63) is 39.7 Å². The maximum absolute atomic E-state index is 14.0. The summed E-state index contributed by atoms with van der Waals surface area (Å²) in [5.74, 6) is -6.51. The summed E-state index contributed by atoms with van der Waals surface area (Å²) in [6.45, 7) is 2.79. The van der Waals surface area contributed by atoms with Crippen LogP contribution in [0, 0.1) is 11.8 Å². The lowest BCUT2D eigenvalue weighted by atomic mass is 9.57. The quantitative estimate of drug-likeness (QED) is 0.317. The first kappa shape index (κ1) is 29.1. The summed E-state index contributed by atoms with van der Waals surface area (Å²) in [4.78, 5) is 45.2. The molecule has 0 saturated heterocycles. The summed E-state index contributed by atoms with van der Waals surface area (Å²) in [6, 6.07) is 0.496.